The van der Waals surface area contributed by atoms with E-state index in [0.29, 0.717) is 36.8 Å². The summed E-state index contributed by atoms with van der Waals surface area (Å²) in [5.74, 6) is -0.656. The molecule has 1 fully saturated rings. The number of anilines is 1. The van der Waals surface area contributed by atoms with E-state index in [0.717, 1.165) is 12.8 Å². The molecule has 3 amide bonds. The lowest BCUT2D eigenvalue weighted by Crippen LogP contribution is -2.43. The highest BCUT2D eigenvalue weighted by Crippen LogP contribution is 2.19. The Morgan fingerprint density at radius 2 is 1.63 bits per heavy atom. The smallest absolute Gasteiger partial charge is 0.313 e. The molecule has 3 rings (SSSR count). The average Bonchev–Trinajstić information content (AvgIpc) is 2.78. The first-order valence-electron chi connectivity index (χ1n) is 10.3. The molecule has 2 N–H and O–H groups in total. The van der Waals surface area contributed by atoms with Crippen LogP contribution in [0, 0.1) is 5.92 Å². The Kier molecular flexibility index (Phi) is 7.17. The van der Waals surface area contributed by atoms with Gasteiger partial charge in [0.25, 0.3) is 5.91 Å². The molecule has 158 valence electrons. The van der Waals surface area contributed by atoms with Gasteiger partial charge in [0.15, 0.2) is 0 Å². The lowest BCUT2D eigenvalue weighted by Gasteiger charge is -2.32. The minimum Gasteiger partial charge on any atom is -0.348 e. The number of carbonyl (C=O) groups excluding carboxylic acids is 3. The molecule has 0 spiro atoms. The lowest BCUT2D eigenvalue weighted by molar-refractivity contribution is -0.136. The number of hydrogen-bond donors (Lipinski definition) is 2. The van der Waals surface area contributed by atoms with Crippen molar-refractivity contribution in [1.82, 2.24) is 15.2 Å². The van der Waals surface area contributed by atoms with Crippen molar-refractivity contribution < 1.29 is 14.4 Å². The molecule has 1 saturated heterocycles. The first-order chi connectivity index (χ1) is 14.4. The van der Waals surface area contributed by atoms with E-state index in [-0.39, 0.29) is 11.8 Å². The maximum Gasteiger partial charge on any atom is 0.313 e. The van der Waals surface area contributed by atoms with E-state index in [4.69, 9.17) is 0 Å². The third-order valence-electron chi connectivity index (χ3n) is 5.42. The zero-order valence-corrected chi connectivity index (χ0v) is 17.4. The molecule has 30 heavy (non-hydrogen) atoms. The van der Waals surface area contributed by atoms with Gasteiger partial charge < -0.3 is 15.5 Å². The summed E-state index contributed by atoms with van der Waals surface area (Å²) in [4.78, 5) is 42.5. The minimum atomic E-state index is -0.669. The number of amides is 3. The van der Waals surface area contributed by atoms with Gasteiger partial charge in [0, 0.05) is 43.3 Å². The second-order valence-electron chi connectivity index (χ2n) is 7.91. The number of piperidine rings is 1. The Morgan fingerprint density at radius 3 is 2.23 bits per heavy atom. The van der Waals surface area contributed by atoms with Gasteiger partial charge >= 0.3 is 11.8 Å². The fraction of sp³-hybridized carbons (Fsp3) is 0.391. The molecule has 0 bridgehead atoms. The van der Waals surface area contributed by atoms with Crippen LogP contribution in [0.4, 0.5) is 5.69 Å². The molecule has 0 aliphatic carbocycles. The van der Waals surface area contributed by atoms with Gasteiger partial charge in [-0.15, -0.1) is 0 Å². The molecular weight excluding hydrogens is 380 g/mol. The number of rotatable bonds is 5. The molecular formula is C23H28N4O3. The molecule has 0 unspecified atom stereocenters. The summed E-state index contributed by atoms with van der Waals surface area (Å²) in [7, 11) is 0. The van der Waals surface area contributed by atoms with Gasteiger partial charge in [-0.2, -0.15) is 0 Å². The van der Waals surface area contributed by atoms with Gasteiger partial charge in [-0.25, -0.2) is 0 Å². The number of nitrogens with one attached hydrogen (secondary N) is 2. The Labute approximate surface area is 176 Å². The number of pyridine rings is 1. The Morgan fingerprint density at radius 1 is 1.00 bits per heavy atom. The summed E-state index contributed by atoms with van der Waals surface area (Å²) in [6.07, 6.45) is 4.79. The van der Waals surface area contributed by atoms with E-state index in [1.54, 1.807) is 36.7 Å². The van der Waals surface area contributed by atoms with E-state index in [1.165, 1.54) is 5.56 Å². The topological polar surface area (TPSA) is 91.4 Å². The van der Waals surface area contributed by atoms with Crippen molar-refractivity contribution in [1.29, 1.82) is 0 Å². The van der Waals surface area contributed by atoms with Gasteiger partial charge in [0.05, 0.1) is 0 Å². The van der Waals surface area contributed by atoms with E-state index in [1.807, 2.05) is 17.0 Å². The zero-order chi connectivity index (χ0) is 21.5. The highest BCUT2D eigenvalue weighted by Gasteiger charge is 2.24. The van der Waals surface area contributed by atoms with Gasteiger partial charge in [0.1, 0.15) is 0 Å². The summed E-state index contributed by atoms with van der Waals surface area (Å²) >= 11 is 0. The minimum absolute atomic E-state index is 0.00255. The van der Waals surface area contributed by atoms with Crippen LogP contribution in [0.25, 0.3) is 0 Å². The molecule has 2 aromatic rings. The van der Waals surface area contributed by atoms with Crippen molar-refractivity contribution in [3.05, 3.63) is 59.9 Å². The number of benzene rings is 1. The van der Waals surface area contributed by atoms with Crippen LogP contribution in [0.5, 0.6) is 0 Å². The van der Waals surface area contributed by atoms with Crippen LogP contribution in [0.3, 0.4) is 0 Å². The number of hydrogen-bond acceptors (Lipinski definition) is 4. The van der Waals surface area contributed by atoms with Crippen molar-refractivity contribution in [2.75, 3.05) is 25.0 Å². The first-order valence-corrected chi connectivity index (χ1v) is 10.3. The zero-order valence-electron chi connectivity index (χ0n) is 17.4. The van der Waals surface area contributed by atoms with E-state index < -0.39 is 11.8 Å². The molecule has 0 atom stereocenters. The fourth-order valence-corrected chi connectivity index (χ4v) is 3.47. The molecule has 1 aromatic heterocycles. The first kappa shape index (κ1) is 21.5. The molecule has 1 aliphatic rings. The van der Waals surface area contributed by atoms with Crippen LogP contribution in [0.2, 0.25) is 0 Å². The SMILES string of the molecule is CC(C)c1ccc(NC(=O)C(=O)NCC2CCN(C(=O)c3ccncc3)CC2)cc1. The van der Waals surface area contributed by atoms with Gasteiger partial charge in [-0.05, 0) is 54.5 Å². The summed E-state index contributed by atoms with van der Waals surface area (Å²) in [6, 6.07) is 10.9. The molecule has 2 heterocycles. The maximum atomic E-state index is 12.5. The standard InChI is InChI=1S/C23H28N4O3/c1-16(2)18-3-5-20(6-4-18)26-22(29)21(28)25-15-17-9-13-27(14-10-17)23(30)19-7-11-24-12-8-19/h3-8,11-12,16-17H,9-10,13-15H2,1-2H3,(H,25,28)(H,26,29). The lowest BCUT2D eigenvalue weighted by atomic mass is 9.96. The summed E-state index contributed by atoms with van der Waals surface area (Å²) in [5.41, 5.74) is 2.41. The number of likely N-dealkylation sites (tertiary alicyclic amines) is 1. The van der Waals surface area contributed by atoms with Crippen LogP contribution in [0.1, 0.15) is 48.5 Å². The van der Waals surface area contributed by atoms with Crippen LogP contribution < -0.4 is 10.6 Å². The molecule has 0 saturated carbocycles. The van der Waals surface area contributed by atoms with Crippen LogP contribution >= 0.6 is 0 Å². The van der Waals surface area contributed by atoms with Crippen molar-refractivity contribution in [2.45, 2.75) is 32.6 Å². The van der Waals surface area contributed by atoms with Crippen LogP contribution in [-0.2, 0) is 9.59 Å². The van der Waals surface area contributed by atoms with E-state index in [2.05, 4.69) is 29.5 Å². The summed E-state index contributed by atoms with van der Waals surface area (Å²) in [5, 5.41) is 5.34. The Balaban J connectivity index is 1.41. The summed E-state index contributed by atoms with van der Waals surface area (Å²) < 4.78 is 0. The molecule has 7 nitrogen and oxygen atoms in total. The monoisotopic (exact) mass is 408 g/mol. The van der Waals surface area contributed by atoms with Crippen molar-refractivity contribution in [3.63, 3.8) is 0 Å². The predicted octanol–water partition coefficient (Wildman–Crippen LogP) is 2.81. The second-order valence-corrected chi connectivity index (χ2v) is 7.91. The van der Waals surface area contributed by atoms with Gasteiger partial charge in [-0.1, -0.05) is 26.0 Å². The quantitative estimate of drug-likeness (QED) is 0.745. The van der Waals surface area contributed by atoms with Crippen molar-refractivity contribution in [2.24, 2.45) is 5.92 Å². The third-order valence-corrected chi connectivity index (χ3v) is 5.42. The number of aromatic nitrogens is 1. The van der Waals surface area contributed by atoms with E-state index >= 15 is 0 Å². The number of nitrogens with zero attached hydrogens (tertiary/aromatic N) is 2. The van der Waals surface area contributed by atoms with Crippen LogP contribution in [-0.4, -0.2) is 47.2 Å². The van der Waals surface area contributed by atoms with Crippen molar-refractivity contribution in [3.8, 4) is 0 Å². The van der Waals surface area contributed by atoms with Crippen LogP contribution in [0.15, 0.2) is 48.8 Å². The molecule has 1 aliphatic heterocycles. The largest absolute Gasteiger partial charge is 0.348 e. The highest BCUT2D eigenvalue weighted by molar-refractivity contribution is 6.39. The van der Waals surface area contributed by atoms with E-state index in [9.17, 15) is 14.4 Å². The Hall–Kier alpha value is -3.22. The van der Waals surface area contributed by atoms with Gasteiger partial charge in [0.2, 0.25) is 0 Å². The number of carbonyl (C=O) groups is 3. The predicted molar refractivity (Wildman–Crippen MR) is 115 cm³/mol. The maximum absolute atomic E-state index is 12.5. The third kappa shape index (κ3) is 5.65. The average molecular weight is 409 g/mol. The Bertz CT molecular complexity index is 873. The van der Waals surface area contributed by atoms with Crippen molar-refractivity contribution >= 4 is 23.4 Å². The molecule has 7 heteroatoms. The molecule has 0 radical (unpaired) electrons. The molecule has 1 aromatic carbocycles. The van der Waals surface area contributed by atoms with Gasteiger partial charge in [-0.3, -0.25) is 19.4 Å². The fourth-order valence-electron chi connectivity index (χ4n) is 3.47. The highest BCUT2D eigenvalue weighted by atomic mass is 16.2. The second kappa shape index (κ2) is 10.0. The summed E-state index contributed by atoms with van der Waals surface area (Å²) in [6.45, 7) is 5.89. The normalized spacial score (nSPS) is 14.4.